The van der Waals surface area contributed by atoms with Gasteiger partial charge in [-0.15, -0.1) is 0 Å². The lowest BCUT2D eigenvalue weighted by Crippen LogP contribution is -2.53. The highest BCUT2D eigenvalue weighted by Crippen LogP contribution is 2.27. The fourth-order valence-electron chi connectivity index (χ4n) is 3.84. The molecule has 1 atom stereocenters. The molecule has 3 rings (SSSR count). The fourth-order valence-corrected chi connectivity index (χ4v) is 5.57. The Labute approximate surface area is 185 Å². The second-order valence-corrected chi connectivity index (χ2v) is 10.4. The topological polar surface area (TPSA) is 66.9 Å². The number of carbonyl (C=O) groups is 1. The van der Waals surface area contributed by atoms with E-state index in [-0.39, 0.29) is 24.9 Å². The first-order valence-electron chi connectivity index (χ1n) is 10.7. The van der Waals surface area contributed by atoms with Gasteiger partial charge in [0.05, 0.1) is 4.90 Å². The molecular formula is C24H32N2O4S. The summed E-state index contributed by atoms with van der Waals surface area (Å²) in [6.45, 7) is 10.9. The monoisotopic (exact) mass is 444 g/mol. The Bertz CT molecular complexity index is 1040. The van der Waals surface area contributed by atoms with Crippen LogP contribution in [0.1, 0.15) is 43.4 Å². The van der Waals surface area contributed by atoms with E-state index in [9.17, 15) is 13.2 Å². The van der Waals surface area contributed by atoms with Crippen LogP contribution in [0.25, 0.3) is 0 Å². The highest BCUT2D eigenvalue weighted by atomic mass is 32.2. The molecule has 0 bridgehead atoms. The van der Waals surface area contributed by atoms with Crippen molar-refractivity contribution < 1.29 is 17.9 Å². The van der Waals surface area contributed by atoms with Gasteiger partial charge in [-0.25, -0.2) is 8.42 Å². The van der Waals surface area contributed by atoms with Gasteiger partial charge in [-0.2, -0.15) is 4.31 Å². The average molecular weight is 445 g/mol. The van der Waals surface area contributed by atoms with Crippen molar-refractivity contribution in [3.05, 3.63) is 59.2 Å². The Hall–Kier alpha value is -2.38. The van der Waals surface area contributed by atoms with Crippen LogP contribution in [0.4, 0.5) is 0 Å². The lowest BCUT2D eigenvalue weighted by Gasteiger charge is -2.35. The quantitative estimate of drug-likeness (QED) is 0.681. The Kier molecular flexibility index (Phi) is 7.06. The molecular weight excluding hydrogens is 412 g/mol. The van der Waals surface area contributed by atoms with Gasteiger partial charge in [-0.1, -0.05) is 44.2 Å². The summed E-state index contributed by atoms with van der Waals surface area (Å²) >= 11 is 0. The van der Waals surface area contributed by atoms with Gasteiger partial charge >= 0.3 is 0 Å². The minimum absolute atomic E-state index is 0.123. The summed E-state index contributed by atoms with van der Waals surface area (Å²) < 4.78 is 33.7. The van der Waals surface area contributed by atoms with Crippen molar-refractivity contribution in [3.8, 4) is 5.75 Å². The smallest absolute Gasteiger partial charge is 0.263 e. The van der Waals surface area contributed by atoms with Crippen molar-refractivity contribution in [2.45, 2.75) is 51.5 Å². The van der Waals surface area contributed by atoms with Crippen LogP contribution in [0.2, 0.25) is 0 Å². The van der Waals surface area contributed by atoms with Crippen LogP contribution in [0.3, 0.4) is 0 Å². The number of aryl methyl sites for hydroxylation is 2. The molecule has 1 amide bonds. The maximum atomic E-state index is 13.1. The molecule has 1 unspecified atom stereocenters. The van der Waals surface area contributed by atoms with E-state index in [1.807, 2.05) is 43.3 Å². The highest BCUT2D eigenvalue weighted by molar-refractivity contribution is 7.89. The van der Waals surface area contributed by atoms with Crippen LogP contribution in [0.15, 0.2) is 47.4 Å². The largest absolute Gasteiger partial charge is 0.481 e. The lowest BCUT2D eigenvalue weighted by atomic mass is 10.0. The maximum Gasteiger partial charge on any atom is 0.263 e. The number of amides is 1. The number of hydrogen-bond acceptors (Lipinski definition) is 4. The summed E-state index contributed by atoms with van der Waals surface area (Å²) in [6, 6.07) is 13.2. The molecule has 1 aliphatic rings. The number of sulfonamides is 1. The zero-order chi connectivity index (χ0) is 22.8. The van der Waals surface area contributed by atoms with Gasteiger partial charge in [0.25, 0.3) is 5.91 Å². The molecule has 0 aromatic heterocycles. The molecule has 6 nitrogen and oxygen atoms in total. The van der Waals surface area contributed by atoms with E-state index in [2.05, 4.69) is 13.8 Å². The maximum absolute atomic E-state index is 13.1. The van der Waals surface area contributed by atoms with Gasteiger partial charge in [-0.05, 0) is 55.5 Å². The third-order valence-corrected chi connectivity index (χ3v) is 7.74. The van der Waals surface area contributed by atoms with E-state index in [0.29, 0.717) is 18.0 Å². The van der Waals surface area contributed by atoms with Crippen molar-refractivity contribution in [2.75, 3.05) is 26.2 Å². The SMILES string of the molecule is Cc1ccc(C)c(S(=O)(=O)N2CCN(C(=O)C(C)Oc3ccccc3C(C)C)CC2)c1. The summed E-state index contributed by atoms with van der Waals surface area (Å²) in [5.74, 6) is 0.883. The second kappa shape index (κ2) is 9.40. The summed E-state index contributed by atoms with van der Waals surface area (Å²) in [4.78, 5) is 15.0. The molecule has 1 fully saturated rings. The first-order chi connectivity index (χ1) is 14.6. The lowest BCUT2D eigenvalue weighted by molar-refractivity contribution is -0.139. The number of ether oxygens (including phenoxy) is 1. The molecule has 1 saturated heterocycles. The highest BCUT2D eigenvalue weighted by Gasteiger charge is 2.33. The number of nitrogens with zero attached hydrogens (tertiary/aromatic N) is 2. The number of piperazine rings is 1. The van der Waals surface area contributed by atoms with Gasteiger partial charge in [0.1, 0.15) is 5.75 Å². The molecule has 0 saturated carbocycles. The number of rotatable bonds is 6. The second-order valence-electron chi connectivity index (χ2n) is 8.45. The summed E-state index contributed by atoms with van der Waals surface area (Å²) in [5, 5.41) is 0. The van der Waals surface area contributed by atoms with E-state index < -0.39 is 16.1 Å². The predicted octanol–water partition coefficient (Wildman–Crippen LogP) is 3.73. The molecule has 0 aliphatic carbocycles. The van der Waals surface area contributed by atoms with Crippen molar-refractivity contribution in [1.29, 1.82) is 0 Å². The zero-order valence-corrected chi connectivity index (χ0v) is 19.8. The Balaban J connectivity index is 1.65. The van der Waals surface area contributed by atoms with E-state index in [4.69, 9.17) is 4.74 Å². The summed E-state index contributed by atoms with van der Waals surface area (Å²) in [5.41, 5.74) is 2.70. The first kappa shape index (κ1) is 23.3. The van der Waals surface area contributed by atoms with Gasteiger partial charge in [0.2, 0.25) is 10.0 Å². The normalized spacial score (nSPS) is 16.4. The average Bonchev–Trinajstić information content (AvgIpc) is 2.75. The fraction of sp³-hybridized carbons (Fsp3) is 0.458. The Morgan fingerprint density at radius 3 is 2.26 bits per heavy atom. The molecule has 1 heterocycles. The van der Waals surface area contributed by atoms with Crippen molar-refractivity contribution in [3.63, 3.8) is 0 Å². The van der Waals surface area contributed by atoms with Crippen molar-refractivity contribution in [1.82, 2.24) is 9.21 Å². The minimum atomic E-state index is -3.58. The molecule has 1 aliphatic heterocycles. The number of para-hydroxylation sites is 1. The molecule has 0 spiro atoms. The van der Waals surface area contributed by atoms with Crippen LogP contribution < -0.4 is 4.74 Å². The third kappa shape index (κ3) is 5.10. The van der Waals surface area contributed by atoms with Gasteiger partial charge in [0, 0.05) is 26.2 Å². The zero-order valence-electron chi connectivity index (χ0n) is 19.0. The van der Waals surface area contributed by atoms with Crippen LogP contribution in [0, 0.1) is 13.8 Å². The van der Waals surface area contributed by atoms with E-state index >= 15 is 0 Å². The van der Waals surface area contributed by atoms with Gasteiger partial charge in [-0.3, -0.25) is 4.79 Å². The molecule has 0 radical (unpaired) electrons. The van der Waals surface area contributed by atoms with Crippen molar-refractivity contribution >= 4 is 15.9 Å². The molecule has 7 heteroatoms. The third-order valence-electron chi connectivity index (χ3n) is 5.70. The first-order valence-corrected chi connectivity index (χ1v) is 12.2. The van der Waals surface area contributed by atoms with Gasteiger partial charge < -0.3 is 9.64 Å². The molecule has 31 heavy (non-hydrogen) atoms. The Morgan fingerprint density at radius 2 is 1.61 bits per heavy atom. The van der Waals surface area contributed by atoms with E-state index in [1.165, 1.54) is 4.31 Å². The van der Waals surface area contributed by atoms with Crippen molar-refractivity contribution in [2.24, 2.45) is 0 Å². The van der Waals surface area contributed by atoms with Crippen LogP contribution in [-0.2, 0) is 14.8 Å². The van der Waals surface area contributed by atoms with Crippen LogP contribution in [-0.4, -0.2) is 55.8 Å². The number of benzene rings is 2. The molecule has 2 aromatic carbocycles. The minimum Gasteiger partial charge on any atom is -0.481 e. The van der Waals surface area contributed by atoms with E-state index in [1.54, 1.807) is 24.8 Å². The number of carbonyl (C=O) groups excluding carboxylic acids is 1. The molecule has 0 N–H and O–H groups in total. The standard InChI is InChI=1S/C24H32N2O4S/c1-17(2)21-8-6-7-9-22(21)30-20(5)24(27)25-12-14-26(15-13-25)31(28,29)23-16-18(3)10-11-19(23)4/h6-11,16-17,20H,12-15H2,1-5H3. The molecule has 2 aromatic rings. The summed E-state index contributed by atoms with van der Waals surface area (Å²) in [6.07, 6.45) is -0.637. The summed E-state index contributed by atoms with van der Waals surface area (Å²) in [7, 11) is -3.58. The predicted molar refractivity (Wildman–Crippen MR) is 122 cm³/mol. The van der Waals surface area contributed by atoms with Crippen LogP contribution in [0.5, 0.6) is 5.75 Å². The van der Waals surface area contributed by atoms with Crippen LogP contribution >= 0.6 is 0 Å². The van der Waals surface area contributed by atoms with E-state index in [0.717, 1.165) is 22.4 Å². The Morgan fingerprint density at radius 1 is 0.968 bits per heavy atom. The number of hydrogen-bond donors (Lipinski definition) is 0. The molecule has 168 valence electrons. The van der Waals surface area contributed by atoms with Gasteiger partial charge in [0.15, 0.2) is 6.10 Å².